The zero-order valence-electron chi connectivity index (χ0n) is 17.2. The number of aryl methyl sites for hydroxylation is 1. The molecule has 0 spiro atoms. The molecule has 0 unspecified atom stereocenters. The van der Waals surface area contributed by atoms with Crippen LogP contribution in [0.4, 0.5) is 8.78 Å². The van der Waals surface area contributed by atoms with Crippen LogP contribution in [-0.2, 0) is 6.61 Å². The van der Waals surface area contributed by atoms with Gasteiger partial charge in [0.1, 0.15) is 23.6 Å². The zero-order chi connectivity index (χ0) is 22.9. The number of nitrogens with zero attached hydrogens (tertiary/aromatic N) is 2. The molecule has 1 aromatic carbocycles. The predicted molar refractivity (Wildman–Crippen MR) is 109 cm³/mol. The number of carboxylic acid groups (broad SMARTS) is 1. The fourth-order valence-electron chi connectivity index (χ4n) is 3.32. The van der Waals surface area contributed by atoms with E-state index in [9.17, 15) is 28.6 Å². The van der Waals surface area contributed by atoms with Gasteiger partial charge in [-0.25, -0.2) is 18.6 Å². The van der Waals surface area contributed by atoms with Crippen molar-refractivity contribution < 1.29 is 28.5 Å². The first-order valence-electron chi connectivity index (χ1n) is 9.61. The van der Waals surface area contributed by atoms with Crippen LogP contribution in [0.25, 0.3) is 11.0 Å². The quantitative estimate of drug-likeness (QED) is 0.593. The third-order valence-electron chi connectivity index (χ3n) is 5.12. The van der Waals surface area contributed by atoms with Gasteiger partial charge in [-0.3, -0.25) is 4.79 Å². The molecule has 0 aliphatic carbocycles. The number of aliphatic hydroxyl groups is 1. The molecule has 0 radical (unpaired) electrons. The molecule has 0 saturated carbocycles. The Balaban J connectivity index is 2.14. The fourth-order valence-corrected chi connectivity index (χ4v) is 3.32. The van der Waals surface area contributed by atoms with Gasteiger partial charge >= 0.3 is 5.97 Å². The molecule has 0 aliphatic heterocycles. The molecule has 0 fully saturated rings. The monoisotopic (exact) mass is 432 g/mol. The van der Waals surface area contributed by atoms with Gasteiger partial charge in [-0.05, 0) is 31.0 Å². The first-order valence-corrected chi connectivity index (χ1v) is 9.61. The van der Waals surface area contributed by atoms with Crippen molar-refractivity contribution in [3.63, 3.8) is 0 Å². The smallest absolute Gasteiger partial charge is 0.341 e. The van der Waals surface area contributed by atoms with Crippen molar-refractivity contribution in [2.24, 2.45) is 5.92 Å². The topological polar surface area (TPSA) is 102 Å². The van der Waals surface area contributed by atoms with Gasteiger partial charge in [0.25, 0.3) is 0 Å². The molecule has 0 amide bonds. The van der Waals surface area contributed by atoms with Crippen molar-refractivity contribution >= 4 is 17.0 Å². The van der Waals surface area contributed by atoms with Crippen LogP contribution in [0.2, 0.25) is 0 Å². The van der Waals surface area contributed by atoms with E-state index in [4.69, 9.17) is 4.74 Å². The molecule has 164 valence electrons. The molecule has 3 aromatic rings. The lowest BCUT2D eigenvalue weighted by atomic mass is 10.0. The number of ether oxygens (including phenoxy) is 1. The van der Waals surface area contributed by atoms with Crippen LogP contribution in [0.1, 0.15) is 41.5 Å². The van der Waals surface area contributed by atoms with E-state index in [1.54, 1.807) is 6.92 Å². The fraction of sp³-hybridized carbons (Fsp3) is 0.318. The number of carbonyl (C=O) groups is 1. The van der Waals surface area contributed by atoms with Gasteiger partial charge < -0.3 is 19.5 Å². The van der Waals surface area contributed by atoms with E-state index in [1.807, 2.05) is 13.8 Å². The number of hydrogen-bond acceptors (Lipinski definition) is 5. The summed E-state index contributed by atoms with van der Waals surface area (Å²) >= 11 is 0. The lowest BCUT2D eigenvalue weighted by molar-refractivity contribution is 0.0694. The molecule has 9 heteroatoms. The van der Waals surface area contributed by atoms with Crippen LogP contribution in [0.3, 0.4) is 0 Å². The minimum atomic E-state index is -1.40. The summed E-state index contributed by atoms with van der Waals surface area (Å²) in [5.41, 5.74) is -0.0224. The van der Waals surface area contributed by atoms with E-state index >= 15 is 0 Å². The maximum absolute atomic E-state index is 13.8. The molecule has 0 saturated heterocycles. The predicted octanol–water partition coefficient (Wildman–Crippen LogP) is 3.45. The Morgan fingerprint density at radius 2 is 1.97 bits per heavy atom. The second-order valence-electron chi connectivity index (χ2n) is 7.55. The Labute approximate surface area is 176 Å². The largest absolute Gasteiger partial charge is 0.486 e. The average Bonchev–Trinajstić information content (AvgIpc) is 2.69. The molecular formula is C22H22F2N2O5. The highest BCUT2D eigenvalue weighted by molar-refractivity contribution is 5.92. The molecule has 2 aromatic heterocycles. The Hall–Kier alpha value is -3.33. The SMILES string of the molecule is Cc1nc2c(cc1COc1ccc(F)cc1F)c(=O)c(C(=O)O)cn2[C@H](CO)C(C)C. The molecule has 2 heterocycles. The van der Waals surface area contributed by atoms with Crippen molar-refractivity contribution in [1.29, 1.82) is 0 Å². The Bertz CT molecular complexity index is 1210. The third-order valence-corrected chi connectivity index (χ3v) is 5.12. The second kappa shape index (κ2) is 8.81. The highest BCUT2D eigenvalue weighted by atomic mass is 19.1. The summed E-state index contributed by atoms with van der Waals surface area (Å²) in [6.07, 6.45) is 1.20. The minimum absolute atomic E-state index is 0.0442. The number of aliphatic hydroxyl groups excluding tert-OH is 1. The number of hydrogen-bond donors (Lipinski definition) is 2. The maximum Gasteiger partial charge on any atom is 0.341 e. The molecule has 2 N–H and O–H groups in total. The summed E-state index contributed by atoms with van der Waals surface area (Å²) in [6, 6.07) is 3.86. The molecule has 7 nitrogen and oxygen atoms in total. The number of pyridine rings is 2. The summed E-state index contributed by atoms with van der Waals surface area (Å²) in [4.78, 5) is 28.9. The molecule has 31 heavy (non-hydrogen) atoms. The van der Waals surface area contributed by atoms with Crippen molar-refractivity contribution in [3.05, 3.63) is 69.1 Å². The van der Waals surface area contributed by atoms with Crippen LogP contribution < -0.4 is 10.2 Å². The van der Waals surface area contributed by atoms with Crippen LogP contribution in [-0.4, -0.2) is 32.3 Å². The number of halogens is 2. The van der Waals surface area contributed by atoms with Crippen molar-refractivity contribution in [1.82, 2.24) is 9.55 Å². The van der Waals surface area contributed by atoms with Crippen LogP contribution in [0, 0.1) is 24.5 Å². The Morgan fingerprint density at radius 3 is 2.55 bits per heavy atom. The molecule has 1 atom stereocenters. The van der Waals surface area contributed by atoms with Crippen molar-refractivity contribution in [2.45, 2.75) is 33.4 Å². The van der Waals surface area contributed by atoms with Gasteiger partial charge in [0, 0.05) is 23.5 Å². The molecule has 0 aliphatic rings. The lowest BCUT2D eigenvalue weighted by Gasteiger charge is -2.24. The second-order valence-corrected chi connectivity index (χ2v) is 7.55. The van der Waals surface area contributed by atoms with Gasteiger partial charge in [0.2, 0.25) is 5.43 Å². The molecule has 0 bridgehead atoms. The summed E-state index contributed by atoms with van der Waals surface area (Å²) in [5.74, 6) is -3.24. The number of carboxylic acids is 1. The number of aromatic nitrogens is 2. The number of benzene rings is 1. The van der Waals surface area contributed by atoms with Gasteiger partial charge in [0.15, 0.2) is 11.6 Å². The van der Waals surface area contributed by atoms with Crippen molar-refractivity contribution in [2.75, 3.05) is 6.61 Å². The highest BCUT2D eigenvalue weighted by Gasteiger charge is 2.23. The first kappa shape index (κ1) is 22.4. The van der Waals surface area contributed by atoms with E-state index in [-0.39, 0.29) is 35.9 Å². The summed E-state index contributed by atoms with van der Waals surface area (Å²) < 4.78 is 33.8. The van der Waals surface area contributed by atoms with E-state index in [0.717, 1.165) is 12.1 Å². The lowest BCUT2D eigenvalue weighted by Crippen LogP contribution is -2.26. The van der Waals surface area contributed by atoms with Gasteiger partial charge in [0.05, 0.1) is 18.0 Å². The van der Waals surface area contributed by atoms with Gasteiger partial charge in [-0.2, -0.15) is 0 Å². The number of aromatic carboxylic acids is 1. The van der Waals surface area contributed by atoms with E-state index in [1.165, 1.54) is 16.8 Å². The van der Waals surface area contributed by atoms with Gasteiger partial charge in [-0.1, -0.05) is 13.8 Å². The summed E-state index contributed by atoms with van der Waals surface area (Å²) in [5, 5.41) is 19.4. The minimum Gasteiger partial charge on any atom is -0.486 e. The highest BCUT2D eigenvalue weighted by Crippen LogP contribution is 2.25. The molecule has 3 rings (SSSR count). The van der Waals surface area contributed by atoms with E-state index in [2.05, 4.69) is 4.98 Å². The molecular weight excluding hydrogens is 410 g/mol. The maximum atomic E-state index is 13.8. The summed E-state index contributed by atoms with van der Waals surface area (Å²) in [7, 11) is 0. The van der Waals surface area contributed by atoms with Crippen molar-refractivity contribution in [3.8, 4) is 5.75 Å². The van der Waals surface area contributed by atoms with E-state index in [0.29, 0.717) is 17.3 Å². The number of fused-ring (bicyclic) bond motifs is 1. The number of rotatable bonds is 7. The third kappa shape index (κ3) is 4.41. The standard InChI is InChI=1S/C22H22F2N2O5/c1-11(2)18(9-27)26-8-16(22(29)30)20(28)15-6-13(12(3)25-21(15)26)10-31-19-5-4-14(23)7-17(19)24/h4-8,11,18,27H,9-10H2,1-3H3,(H,29,30)/t18-/m1/s1. The van der Waals surface area contributed by atoms with Crippen LogP contribution >= 0.6 is 0 Å². The van der Waals surface area contributed by atoms with Crippen LogP contribution in [0.15, 0.2) is 35.3 Å². The summed E-state index contributed by atoms with van der Waals surface area (Å²) in [6.45, 7) is 4.95. The zero-order valence-corrected chi connectivity index (χ0v) is 17.2. The Kier molecular flexibility index (Phi) is 6.35. The van der Waals surface area contributed by atoms with E-state index < -0.39 is 34.6 Å². The normalized spacial score (nSPS) is 12.4. The Morgan fingerprint density at radius 1 is 1.26 bits per heavy atom. The van der Waals surface area contributed by atoms with Crippen LogP contribution in [0.5, 0.6) is 5.75 Å². The average molecular weight is 432 g/mol. The first-order chi connectivity index (χ1) is 14.6. The van der Waals surface area contributed by atoms with Gasteiger partial charge in [-0.15, -0.1) is 0 Å².